The van der Waals surface area contributed by atoms with Crippen LogP contribution in [0.2, 0.25) is 0 Å². The van der Waals surface area contributed by atoms with Crippen LogP contribution >= 0.6 is 0 Å². The summed E-state index contributed by atoms with van der Waals surface area (Å²) in [6.07, 6.45) is 3.98. The lowest BCUT2D eigenvalue weighted by atomic mass is 9.95. The van der Waals surface area contributed by atoms with Crippen molar-refractivity contribution in [2.75, 3.05) is 13.1 Å². The molecule has 1 saturated heterocycles. The van der Waals surface area contributed by atoms with E-state index in [9.17, 15) is 30.3 Å². The maximum Gasteiger partial charge on any atom is 0.324 e. The number of nitro groups is 3. The number of hydrogen-bond acceptors (Lipinski definition) is 8. The van der Waals surface area contributed by atoms with E-state index >= 15 is 0 Å². The van der Waals surface area contributed by atoms with Crippen LogP contribution in [0.5, 0.6) is 5.75 Å². The van der Waals surface area contributed by atoms with Gasteiger partial charge in [-0.15, -0.1) is 0 Å². The van der Waals surface area contributed by atoms with Crippen molar-refractivity contribution in [1.82, 2.24) is 4.90 Å². The molecule has 2 aromatic carbocycles. The largest absolute Gasteiger partial charge is 0.497 e. The first-order valence-corrected chi connectivity index (χ1v) is 10.2. The minimum absolute atomic E-state index is 0.447. The molecule has 11 heteroatoms. The maximum absolute atomic E-state index is 10.4. The predicted molar refractivity (Wildman–Crippen MR) is 118 cm³/mol. The van der Waals surface area contributed by atoms with Gasteiger partial charge >= 0.3 is 11.4 Å². The SMILES string of the molecule is CC(C)C(Cc1ccccc1)N1CCCC1.O=[N+]([O-])c1cc([N+](=O)[O-])c(O)c([N+](=O)[O-])c1. The van der Waals surface area contributed by atoms with Crippen LogP contribution in [0.4, 0.5) is 17.1 Å². The molecule has 1 aliphatic rings. The number of nitrogens with zero attached hydrogens (tertiary/aromatic N) is 4. The van der Waals surface area contributed by atoms with Crippen molar-refractivity contribution in [2.45, 2.75) is 39.2 Å². The van der Waals surface area contributed by atoms with Gasteiger partial charge in [-0.2, -0.15) is 0 Å². The van der Waals surface area contributed by atoms with E-state index in [1.165, 1.54) is 37.9 Å². The van der Waals surface area contributed by atoms with Crippen LogP contribution in [0.25, 0.3) is 0 Å². The summed E-state index contributed by atoms with van der Waals surface area (Å²) in [6.45, 7) is 7.31. The Morgan fingerprint density at radius 2 is 1.41 bits per heavy atom. The van der Waals surface area contributed by atoms with E-state index in [2.05, 4.69) is 49.1 Å². The quantitative estimate of drug-likeness (QED) is 0.483. The van der Waals surface area contributed by atoms with E-state index in [1.54, 1.807) is 0 Å². The van der Waals surface area contributed by atoms with Crippen LogP contribution in [0.3, 0.4) is 0 Å². The van der Waals surface area contributed by atoms with Gasteiger partial charge in [-0.1, -0.05) is 44.2 Å². The highest BCUT2D eigenvalue weighted by Crippen LogP contribution is 2.38. The van der Waals surface area contributed by atoms with Crippen LogP contribution < -0.4 is 0 Å². The smallest absolute Gasteiger partial charge is 0.324 e. The summed E-state index contributed by atoms with van der Waals surface area (Å²) < 4.78 is 0. The lowest BCUT2D eigenvalue weighted by molar-refractivity contribution is -0.404. The van der Waals surface area contributed by atoms with Gasteiger partial charge in [-0.3, -0.25) is 35.2 Å². The van der Waals surface area contributed by atoms with Gasteiger partial charge in [0.15, 0.2) is 0 Å². The van der Waals surface area contributed by atoms with Gasteiger partial charge in [0.2, 0.25) is 0 Å². The number of nitro benzene ring substituents is 3. The Kier molecular flexibility index (Phi) is 8.59. The van der Waals surface area contributed by atoms with Gasteiger partial charge in [0.05, 0.1) is 26.9 Å². The van der Waals surface area contributed by atoms with Crippen LogP contribution in [-0.2, 0) is 6.42 Å². The standard InChI is InChI=1S/C15H23N.C6H3N3O7/c1-13(2)15(16-10-6-7-11-16)12-14-8-4-3-5-9-14;10-6-4(8(13)14)1-3(7(11)12)2-5(6)9(15)16/h3-5,8-9,13,15H,6-7,10-12H2,1-2H3;1-2,10H. The van der Waals surface area contributed by atoms with E-state index in [4.69, 9.17) is 5.11 Å². The molecular formula is C21H26N4O7. The lowest BCUT2D eigenvalue weighted by Crippen LogP contribution is -2.38. The molecule has 0 bridgehead atoms. The highest BCUT2D eigenvalue weighted by Gasteiger charge is 2.30. The second-order valence-corrected chi connectivity index (χ2v) is 7.85. The molecule has 1 fully saturated rings. The van der Waals surface area contributed by atoms with E-state index < -0.39 is 37.6 Å². The Morgan fingerprint density at radius 1 is 0.906 bits per heavy atom. The Morgan fingerprint density at radius 3 is 1.81 bits per heavy atom. The van der Waals surface area contributed by atoms with Crippen molar-refractivity contribution in [3.05, 3.63) is 78.4 Å². The fourth-order valence-corrected chi connectivity index (χ4v) is 3.69. The molecule has 1 heterocycles. The predicted octanol–water partition coefficient (Wildman–Crippen LogP) is 4.47. The van der Waals surface area contributed by atoms with Crippen LogP contribution in [0.1, 0.15) is 32.3 Å². The first kappa shape index (κ1) is 24.7. The normalized spacial score (nSPS) is 14.5. The molecule has 32 heavy (non-hydrogen) atoms. The fourth-order valence-electron chi connectivity index (χ4n) is 3.69. The molecule has 0 radical (unpaired) electrons. The molecule has 0 aromatic heterocycles. The van der Waals surface area contributed by atoms with Crippen LogP contribution in [-0.4, -0.2) is 43.9 Å². The average Bonchev–Trinajstić information content (AvgIpc) is 3.27. The minimum atomic E-state index is -1.21. The van der Waals surface area contributed by atoms with E-state index in [1.807, 2.05) is 0 Å². The molecule has 1 atom stereocenters. The number of aromatic hydroxyl groups is 1. The molecule has 1 N–H and O–H groups in total. The summed E-state index contributed by atoms with van der Waals surface area (Å²) >= 11 is 0. The van der Waals surface area contributed by atoms with Gasteiger partial charge in [0, 0.05) is 6.04 Å². The molecule has 3 rings (SSSR count). The molecule has 11 nitrogen and oxygen atoms in total. The molecular weight excluding hydrogens is 420 g/mol. The fraction of sp³-hybridized carbons (Fsp3) is 0.429. The zero-order chi connectivity index (χ0) is 23.8. The summed E-state index contributed by atoms with van der Waals surface area (Å²) in [4.78, 5) is 30.4. The van der Waals surface area contributed by atoms with Crippen LogP contribution in [0, 0.1) is 36.3 Å². The zero-order valence-electron chi connectivity index (χ0n) is 17.9. The summed E-state index contributed by atoms with van der Waals surface area (Å²) in [5.74, 6) is -0.459. The molecule has 1 aliphatic heterocycles. The van der Waals surface area contributed by atoms with E-state index in [0.717, 1.165) is 12.0 Å². The Hall–Kier alpha value is -3.60. The number of hydrogen-bond donors (Lipinski definition) is 1. The van der Waals surface area contributed by atoms with Gasteiger partial charge in [-0.25, -0.2) is 0 Å². The Balaban J connectivity index is 0.000000227. The van der Waals surface area contributed by atoms with Gasteiger partial charge in [-0.05, 0) is 43.8 Å². The number of phenols is 1. The third-order valence-corrected chi connectivity index (χ3v) is 5.33. The third-order valence-electron chi connectivity index (χ3n) is 5.33. The number of phenolic OH excluding ortho intramolecular Hbond substituents is 1. The molecule has 2 aromatic rings. The second kappa shape index (κ2) is 11.1. The van der Waals surface area contributed by atoms with E-state index in [0.29, 0.717) is 12.1 Å². The minimum Gasteiger partial charge on any atom is -0.497 e. The lowest BCUT2D eigenvalue weighted by Gasteiger charge is -2.31. The monoisotopic (exact) mass is 446 g/mol. The summed E-state index contributed by atoms with van der Waals surface area (Å²) in [5, 5.41) is 40.2. The Bertz CT molecular complexity index is 925. The third kappa shape index (κ3) is 6.45. The molecule has 0 spiro atoms. The second-order valence-electron chi connectivity index (χ2n) is 7.85. The van der Waals surface area contributed by atoms with Crippen molar-refractivity contribution in [3.63, 3.8) is 0 Å². The molecule has 0 amide bonds. The number of rotatable bonds is 7. The molecule has 172 valence electrons. The first-order chi connectivity index (χ1) is 15.1. The van der Waals surface area contributed by atoms with Gasteiger partial charge < -0.3 is 5.11 Å². The number of likely N-dealkylation sites (tertiary alicyclic amines) is 1. The summed E-state index contributed by atoms with van der Waals surface area (Å²) in [7, 11) is 0. The summed E-state index contributed by atoms with van der Waals surface area (Å²) in [5.41, 5.74) is -1.52. The number of benzene rings is 2. The van der Waals surface area contributed by atoms with Crippen molar-refractivity contribution in [1.29, 1.82) is 0 Å². The van der Waals surface area contributed by atoms with Crippen LogP contribution in [0.15, 0.2) is 42.5 Å². The average molecular weight is 446 g/mol. The molecule has 0 aliphatic carbocycles. The van der Waals surface area contributed by atoms with E-state index in [-0.39, 0.29) is 0 Å². The van der Waals surface area contributed by atoms with Crippen molar-refractivity contribution in [3.8, 4) is 5.75 Å². The zero-order valence-corrected chi connectivity index (χ0v) is 17.9. The summed E-state index contributed by atoms with van der Waals surface area (Å²) in [6, 6.07) is 12.5. The Labute approximate surface area is 184 Å². The highest BCUT2D eigenvalue weighted by molar-refractivity contribution is 5.64. The highest BCUT2D eigenvalue weighted by atomic mass is 16.6. The van der Waals surface area contributed by atoms with Gasteiger partial charge in [0.25, 0.3) is 11.4 Å². The van der Waals surface area contributed by atoms with Crippen molar-refractivity contribution in [2.24, 2.45) is 5.92 Å². The van der Waals surface area contributed by atoms with Crippen molar-refractivity contribution >= 4 is 17.1 Å². The van der Waals surface area contributed by atoms with Gasteiger partial charge in [0.1, 0.15) is 0 Å². The molecule has 1 unspecified atom stereocenters. The van der Waals surface area contributed by atoms with Crippen molar-refractivity contribution < 1.29 is 19.9 Å². The molecule has 0 saturated carbocycles. The first-order valence-electron chi connectivity index (χ1n) is 10.2. The topological polar surface area (TPSA) is 153 Å². The number of non-ortho nitro benzene ring substituents is 1. The maximum atomic E-state index is 10.4.